The standard InChI is InChI=1S/C36H74/c1-5-9-13-17-20-21-24-28-32-36(31-27-23-19-15-11-7-3)34-33-35(29-25-16-12-8-4)30-26-22-18-14-10-6-2/h35-36H,5-34H2,1-4H3. The average Bonchev–Trinajstić information content (AvgIpc) is 2.89. The van der Waals surface area contributed by atoms with Gasteiger partial charge in [-0.05, 0) is 11.8 Å². The van der Waals surface area contributed by atoms with Gasteiger partial charge in [-0.2, -0.15) is 0 Å². The topological polar surface area (TPSA) is 0 Å². The molecule has 0 N–H and O–H groups in total. The fourth-order valence-corrected chi connectivity index (χ4v) is 6.19. The molecule has 0 saturated carbocycles. The first-order valence-corrected chi connectivity index (χ1v) is 17.8. The predicted molar refractivity (Wildman–Crippen MR) is 168 cm³/mol. The average molecular weight is 507 g/mol. The van der Waals surface area contributed by atoms with Gasteiger partial charge in [-0.15, -0.1) is 0 Å². The number of rotatable bonds is 31. The summed E-state index contributed by atoms with van der Waals surface area (Å²) in [6.45, 7) is 9.35. The molecule has 0 heteroatoms. The monoisotopic (exact) mass is 507 g/mol. The van der Waals surface area contributed by atoms with Crippen molar-refractivity contribution in [2.45, 2.75) is 220 Å². The molecule has 0 bridgehead atoms. The third-order valence-corrected chi connectivity index (χ3v) is 8.85. The van der Waals surface area contributed by atoms with Gasteiger partial charge in [0.05, 0.1) is 0 Å². The number of hydrogen-bond acceptors (Lipinski definition) is 0. The molecule has 0 aromatic rings. The van der Waals surface area contributed by atoms with Crippen molar-refractivity contribution in [1.82, 2.24) is 0 Å². The molecule has 0 radical (unpaired) electrons. The Morgan fingerprint density at radius 3 is 0.667 bits per heavy atom. The SMILES string of the molecule is CCCCCCCCCCC(CCCCCCCC)CCC(CCCCCC)CCCCCCCC. The molecule has 0 rings (SSSR count). The highest BCUT2D eigenvalue weighted by atomic mass is 14.2. The molecule has 2 atom stereocenters. The Bertz CT molecular complexity index is 372. The van der Waals surface area contributed by atoms with E-state index in [1.165, 1.54) is 180 Å². The van der Waals surface area contributed by atoms with Gasteiger partial charge in [0.15, 0.2) is 0 Å². The van der Waals surface area contributed by atoms with Crippen LogP contribution in [0.3, 0.4) is 0 Å². The molecule has 36 heavy (non-hydrogen) atoms. The largest absolute Gasteiger partial charge is 0.0654 e. The summed E-state index contributed by atoms with van der Waals surface area (Å²) in [6, 6.07) is 0. The number of unbranched alkanes of at least 4 members (excludes halogenated alkanes) is 20. The van der Waals surface area contributed by atoms with Crippen LogP contribution in [-0.2, 0) is 0 Å². The van der Waals surface area contributed by atoms with Crippen LogP contribution in [-0.4, -0.2) is 0 Å². The molecular weight excluding hydrogens is 432 g/mol. The maximum absolute atomic E-state index is 2.35. The van der Waals surface area contributed by atoms with Crippen LogP contribution in [0.1, 0.15) is 220 Å². The van der Waals surface area contributed by atoms with E-state index in [1.807, 2.05) is 0 Å². The Morgan fingerprint density at radius 2 is 0.417 bits per heavy atom. The molecule has 218 valence electrons. The van der Waals surface area contributed by atoms with Crippen LogP contribution < -0.4 is 0 Å². The van der Waals surface area contributed by atoms with Crippen molar-refractivity contribution in [1.29, 1.82) is 0 Å². The van der Waals surface area contributed by atoms with E-state index in [4.69, 9.17) is 0 Å². The third-order valence-electron chi connectivity index (χ3n) is 8.85. The summed E-state index contributed by atoms with van der Waals surface area (Å²) >= 11 is 0. The van der Waals surface area contributed by atoms with Crippen LogP contribution in [0.4, 0.5) is 0 Å². The lowest BCUT2D eigenvalue weighted by Crippen LogP contribution is -2.07. The lowest BCUT2D eigenvalue weighted by molar-refractivity contribution is 0.309. The Balaban J connectivity index is 4.45. The van der Waals surface area contributed by atoms with E-state index in [9.17, 15) is 0 Å². The molecule has 0 aliphatic rings. The quantitative estimate of drug-likeness (QED) is 0.0820. The molecule has 2 unspecified atom stereocenters. The van der Waals surface area contributed by atoms with Crippen molar-refractivity contribution in [3.63, 3.8) is 0 Å². The van der Waals surface area contributed by atoms with Gasteiger partial charge in [-0.25, -0.2) is 0 Å². The van der Waals surface area contributed by atoms with E-state index in [0.29, 0.717) is 0 Å². The molecule has 0 aromatic heterocycles. The second-order valence-corrected chi connectivity index (χ2v) is 12.5. The fraction of sp³-hybridized carbons (Fsp3) is 1.00. The van der Waals surface area contributed by atoms with Gasteiger partial charge in [0.2, 0.25) is 0 Å². The van der Waals surface area contributed by atoms with E-state index in [-0.39, 0.29) is 0 Å². The summed E-state index contributed by atoms with van der Waals surface area (Å²) in [6.07, 6.45) is 44.3. The van der Waals surface area contributed by atoms with E-state index >= 15 is 0 Å². The minimum absolute atomic E-state index is 1.03. The van der Waals surface area contributed by atoms with Crippen molar-refractivity contribution in [3.05, 3.63) is 0 Å². The first-order chi connectivity index (χ1) is 17.8. The highest BCUT2D eigenvalue weighted by molar-refractivity contribution is 4.67. The van der Waals surface area contributed by atoms with Gasteiger partial charge < -0.3 is 0 Å². The smallest absolute Gasteiger partial charge is 0.0414 e. The Labute approximate surface area is 232 Å². The summed E-state index contributed by atoms with van der Waals surface area (Å²) < 4.78 is 0. The first kappa shape index (κ1) is 36.0. The van der Waals surface area contributed by atoms with Crippen molar-refractivity contribution in [2.24, 2.45) is 11.8 Å². The number of hydrogen-bond donors (Lipinski definition) is 0. The highest BCUT2D eigenvalue weighted by Gasteiger charge is 2.14. The van der Waals surface area contributed by atoms with Crippen LogP contribution in [0.5, 0.6) is 0 Å². The molecule has 0 saturated heterocycles. The molecule has 0 aliphatic carbocycles. The lowest BCUT2D eigenvalue weighted by atomic mass is 9.84. The summed E-state index contributed by atoms with van der Waals surface area (Å²) in [5, 5.41) is 0. The second kappa shape index (κ2) is 31.2. The van der Waals surface area contributed by atoms with Crippen molar-refractivity contribution >= 4 is 0 Å². The maximum Gasteiger partial charge on any atom is -0.0414 e. The second-order valence-electron chi connectivity index (χ2n) is 12.5. The third kappa shape index (κ3) is 27.0. The zero-order chi connectivity index (χ0) is 26.4. The zero-order valence-electron chi connectivity index (χ0n) is 26.4. The highest BCUT2D eigenvalue weighted by Crippen LogP contribution is 2.29. The molecule has 0 heterocycles. The predicted octanol–water partition coefficient (Wildman–Crippen LogP) is 14.0. The molecule has 0 aliphatic heterocycles. The molecule has 0 aromatic carbocycles. The van der Waals surface area contributed by atoms with Crippen molar-refractivity contribution in [2.75, 3.05) is 0 Å². The van der Waals surface area contributed by atoms with E-state index < -0.39 is 0 Å². The first-order valence-electron chi connectivity index (χ1n) is 17.8. The van der Waals surface area contributed by atoms with Gasteiger partial charge in [0.25, 0.3) is 0 Å². The Morgan fingerprint density at radius 1 is 0.222 bits per heavy atom. The summed E-state index contributed by atoms with van der Waals surface area (Å²) in [7, 11) is 0. The summed E-state index contributed by atoms with van der Waals surface area (Å²) in [5.41, 5.74) is 0. The van der Waals surface area contributed by atoms with Crippen molar-refractivity contribution < 1.29 is 0 Å². The molecule has 0 spiro atoms. The molecular formula is C36H74. The lowest BCUT2D eigenvalue weighted by Gasteiger charge is -2.22. The zero-order valence-corrected chi connectivity index (χ0v) is 26.4. The molecule has 0 nitrogen and oxygen atoms in total. The normalized spacial score (nSPS) is 13.3. The van der Waals surface area contributed by atoms with Gasteiger partial charge >= 0.3 is 0 Å². The molecule has 0 amide bonds. The van der Waals surface area contributed by atoms with Crippen LogP contribution in [0.15, 0.2) is 0 Å². The van der Waals surface area contributed by atoms with E-state index in [2.05, 4.69) is 27.7 Å². The van der Waals surface area contributed by atoms with Crippen molar-refractivity contribution in [3.8, 4) is 0 Å². The van der Waals surface area contributed by atoms with Crippen LogP contribution in [0.2, 0.25) is 0 Å². The summed E-state index contributed by atoms with van der Waals surface area (Å²) in [5.74, 6) is 2.05. The van der Waals surface area contributed by atoms with Crippen LogP contribution in [0.25, 0.3) is 0 Å². The summed E-state index contributed by atoms with van der Waals surface area (Å²) in [4.78, 5) is 0. The van der Waals surface area contributed by atoms with E-state index in [1.54, 1.807) is 12.8 Å². The van der Waals surface area contributed by atoms with Gasteiger partial charge in [-0.1, -0.05) is 220 Å². The van der Waals surface area contributed by atoms with Gasteiger partial charge in [0, 0.05) is 0 Å². The Kier molecular flexibility index (Phi) is 31.2. The minimum Gasteiger partial charge on any atom is -0.0654 e. The Hall–Kier alpha value is 0. The van der Waals surface area contributed by atoms with Crippen LogP contribution in [0, 0.1) is 11.8 Å². The van der Waals surface area contributed by atoms with E-state index in [0.717, 1.165) is 11.8 Å². The minimum atomic E-state index is 1.03. The van der Waals surface area contributed by atoms with Crippen LogP contribution >= 0.6 is 0 Å². The van der Waals surface area contributed by atoms with Gasteiger partial charge in [-0.3, -0.25) is 0 Å². The van der Waals surface area contributed by atoms with Gasteiger partial charge in [0.1, 0.15) is 0 Å². The fourth-order valence-electron chi connectivity index (χ4n) is 6.19. The molecule has 0 fully saturated rings. The maximum atomic E-state index is 2.35.